The molecule has 0 radical (unpaired) electrons. The molecule has 3 rings (SSSR count). The minimum Gasteiger partial charge on any atom is -0.325 e. The summed E-state index contributed by atoms with van der Waals surface area (Å²) in [6.07, 6.45) is -4.37. The lowest BCUT2D eigenvalue weighted by atomic mass is 10.1. The third kappa shape index (κ3) is 6.98. The quantitative estimate of drug-likeness (QED) is 0.182. The summed E-state index contributed by atoms with van der Waals surface area (Å²) in [5.41, 5.74) is -0.947. The molecule has 2 amide bonds. The summed E-state index contributed by atoms with van der Waals surface area (Å²) in [7, 11) is 0. The number of anilines is 2. The molecule has 36 heavy (non-hydrogen) atoms. The molecule has 0 bridgehead atoms. The Hall–Kier alpha value is -3.57. The van der Waals surface area contributed by atoms with Crippen LogP contribution in [0, 0.1) is 10.1 Å². The number of carbonyl (C=O) groups excluding carboxylic acids is 2. The van der Waals surface area contributed by atoms with Gasteiger partial charge in [-0.3, -0.25) is 19.7 Å². The Labute approximate surface area is 213 Å². The molecule has 0 saturated heterocycles. The van der Waals surface area contributed by atoms with Crippen LogP contribution in [0.5, 0.6) is 0 Å². The fourth-order valence-corrected chi connectivity index (χ4v) is 4.33. The van der Waals surface area contributed by atoms with Crippen LogP contribution < -0.4 is 10.6 Å². The van der Waals surface area contributed by atoms with Crippen molar-refractivity contribution in [2.45, 2.75) is 29.7 Å². The van der Waals surface area contributed by atoms with Crippen molar-refractivity contribution in [1.29, 1.82) is 0 Å². The van der Waals surface area contributed by atoms with E-state index in [4.69, 9.17) is 11.6 Å². The van der Waals surface area contributed by atoms with Gasteiger partial charge in [-0.25, -0.2) is 0 Å². The van der Waals surface area contributed by atoms with E-state index in [0.29, 0.717) is 17.0 Å². The number of nitro groups is 1. The predicted octanol–water partition coefficient (Wildman–Crippen LogP) is 7.03. The van der Waals surface area contributed by atoms with Gasteiger partial charge in [0, 0.05) is 33.3 Å². The van der Waals surface area contributed by atoms with E-state index in [1.165, 1.54) is 30.3 Å². The fraction of sp³-hybridized carbons (Fsp3) is 0.167. The number of benzene rings is 3. The average Bonchev–Trinajstić information content (AvgIpc) is 2.83. The van der Waals surface area contributed by atoms with Crippen LogP contribution >= 0.6 is 23.4 Å². The zero-order valence-electron chi connectivity index (χ0n) is 18.6. The Balaban J connectivity index is 1.71. The topological polar surface area (TPSA) is 101 Å². The van der Waals surface area contributed by atoms with Gasteiger partial charge in [-0.1, -0.05) is 24.6 Å². The molecule has 2 N–H and O–H groups in total. The first-order valence-corrected chi connectivity index (χ1v) is 11.7. The number of alkyl halides is 3. The summed E-state index contributed by atoms with van der Waals surface area (Å²) in [6.45, 7) is 1.73. The molecule has 0 aliphatic rings. The highest BCUT2D eigenvalue weighted by Gasteiger charge is 2.34. The Morgan fingerprint density at radius 1 is 1.06 bits per heavy atom. The van der Waals surface area contributed by atoms with Crippen molar-refractivity contribution in [3.63, 3.8) is 0 Å². The maximum absolute atomic E-state index is 13.4. The summed E-state index contributed by atoms with van der Waals surface area (Å²) in [4.78, 5) is 36.1. The highest BCUT2D eigenvalue weighted by Crippen LogP contribution is 2.37. The number of nitro benzene ring substituents is 1. The highest BCUT2D eigenvalue weighted by atomic mass is 35.5. The van der Waals surface area contributed by atoms with Crippen LogP contribution in [0.15, 0.2) is 71.6 Å². The Morgan fingerprint density at radius 2 is 1.75 bits per heavy atom. The molecule has 7 nitrogen and oxygen atoms in total. The molecular formula is C24H19ClF3N3O4S. The maximum Gasteiger partial charge on any atom is 0.418 e. The molecule has 12 heteroatoms. The monoisotopic (exact) mass is 537 g/mol. The molecule has 0 saturated carbocycles. The molecular weight excluding hydrogens is 519 g/mol. The standard InChI is InChI=1S/C24H19ClF3N3O4S/c1-2-21(23(33)30-20-11-8-15(25)12-19(20)24(26,27)28)36-18-5-3-4-16(13-18)29-22(32)14-6-9-17(10-7-14)31(34)35/h3-13,21H,2H2,1H3,(H,29,32)(H,30,33). The number of hydrogen-bond donors (Lipinski definition) is 2. The highest BCUT2D eigenvalue weighted by molar-refractivity contribution is 8.00. The summed E-state index contributed by atoms with van der Waals surface area (Å²) < 4.78 is 40.1. The van der Waals surface area contributed by atoms with Crippen molar-refractivity contribution >= 4 is 52.2 Å². The lowest BCUT2D eigenvalue weighted by molar-refractivity contribution is -0.384. The zero-order chi connectivity index (χ0) is 26.5. The van der Waals surface area contributed by atoms with Crippen LogP contribution in [-0.2, 0) is 11.0 Å². The number of carbonyl (C=O) groups is 2. The first-order valence-electron chi connectivity index (χ1n) is 10.5. The predicted molar refractivity (Wildman–Crippen MR) is 133 cm³/mol. The SMILES string of the molecule is CCC(Sc1cccc(NC(=O)c2ccc([N+](=O)[O-])cc2)c1)C(=O)Nc1ccc(Cl)cc1C(F)(F)F. The van der Waals surface area contributed by atoms with Crippen LogP contribution in [0.25, 0.3) is 0 Å². The van der Waals surface area contributed by atoms with E-state index in [9.17, 15) is 32.9 Å². The van der Waals surface area contributed by atoms with Gasteiger partial charge >= 0.3 is 6.18 Å². The van der Waals surface area contributed by atoms with E-state index in [1.54, 1.807) is 31.2 Å². The second-order valence-corrected chi connectivity index (χ2v) is 9.19. The number of nitrogens with zero attached hydrogens (tertiary/aromatic N) is 1. The van der Waals surface area contributed by atoms with Crippen molar-refractivity contribution in [2.24, 2.45) is 0 Å². The summed E-state index contributed by atoms with van der Waals surface area (Å²) in [5, 5.41) is 15.0. The fourth-order valence-electron chi connectivity index (χ4n) is 3.14. The normalized spacial score (nSPS) is 12.0. The molecule has 3 aromatic rings. The molecule has 0 aromatic heterocycles. The van der Waals surface area contributed by atoms with Gasteiger partial charge in [0.2, 0.25) is 5.91 Å². The minimum absolute atomic E-state index is 0.102. The van der Waals surface area contributed by atoms with Crippen molar-refractivity contribution < 1.29 is 27.7 Å². The first-order chi connectivity index (χ1) is 17.0. The van der Waals surface area contributed by atoms with Gasteiger partial charge in [-0.05, 0) is 55.0 Å². The van der Waals surface area contributed by atoms with Crippen molar-refractivity contribution in [3.8, 4) is 0 Å². The van der Waals surface area contributed by atoms with Gasteiger partial charge in [-0.2, -0.15) is 13.2 Å². The number of non-ortho nitro benzene ring substituents is 1. The minimum atomic E-state index is -4.70. The van der Waals surface area contributed by atoms with E-state index in [1.807, 2.05) is 0 Å². The van der Waals surface area contributed by atoms with Crippen LogP contribution in [0.4, 0.5) is 30.2 Å². The molecule has 188 valence electrons. The number of thioether (sulfide) groups is 1. The van der Waals surface area contributed by atoms with Crippen molar-refractivity contribution in [3.05, 3.63) is 93.0 Å². The van der Waals surface area contributed by atoms with E-state index in [-0.39, 0.29) is 22.0 Å². The number of hydrogen-bond acceptors (Lipinski definition) is 5. The number of amides is 2. The third-order valence-corrected chi connectivity index (χ3v) is 6.51. The molecule has 0 aliphatic carbocycles. The van der Waals surface area contributed by atoms with Gasteiger partial charge < -0.3 is 10.6 Å². The number of rotatable bonds is 8. The smallest absolute Gasteiger partial charge is 0.325 e. The van der Waals surface area contributed by atoms with Crippen LogP contribution in [-0.4, -0.2) is 22.0 Å². The molecule has 3 aromatic carbocycles. The van der Waals surface area contributed by atoms with Crippen molar-refractivity contribution in [1.82, 2.24) is 0 Å². The molecule has 0 fully saturated rings. The lowest BCUT2D eigenvalue weighted by Crippen LogP contribution is -2.26. The number of halogens is 4. The van der Waals surface area contributed by atoms with E-state index in [2.05, 4.69) is 10.6 Å². The summed E-state index contributed by atoms with van der Waals surface area (Å²) in [5.74, 6) is -1.10. The van der Waals surface area contributed by atoms with Crippen LogP contribution in [0.1, 0.15) is 29.3 Å². The van der Waals surface area contributed by atoms with Gasteiger partial charge in [0.15, 0.2) is 0 Å². The lowest BCUT2D eigenvalue weighted by Gasteiger charge is -2.18. The summed E-state index contributed by atoms with van der Waals surface area (Å²) >= 11 is 6.82. The van der Waals surface area contributed by atoms with E-state index in [0.717, 1.165) is 23.9 Å². The zero-order valence-corrected chi connectivity index (χ0v) is 20.2. The van der Waals surface area contributed by atoms with E-state index >= 15 is 0 Å². The molecule has 0 spiro atoms. The third-order valence-electron chi connectivity index (χ3n) is 4.92. The Morgan fingerprint density at radius 3 is 2.36 bits per heavy atom. The van der Waals surface area contributed by atoms with Crippen LogP contribution in [0.2, 0.25) is 5.02 Å². The number of nitrogens with one attached hydrogen (secondary N) is 2. The second kappa shape index (κ2) is 11.4. The van der Waals surface area contributed by atoms with Crippen molar-refractivity contribution in [2.75, 3.05) is 10.6 Å². The maximum atomic E-state index is 13.4. The first kappa shape index (κ1) is 27.0. The molecule has 1 unspecified atom stereocenters. The summed E-state index contributed by atoms with van der Waals surface area (Å²) in [6, 6.07) is 14.8. The van der Waals surface area contributed by atoms with Crippen LogP contribution in [0.3, 0.4) is 0 Å². The van der Waals surface area contributed by atoms with Gasteiger partial charge in [0.1, 0.15) is 0 Å². The Kier molecular flexibility index (Phi) is 8.59. The molecule has 1 atom stereocenters. The average molecular weight is 538 g/mol. The molecule has 0 aliphatic heterocycles. The molecule has 0 heterocycles. The second-order valence-electron chi connectivity index (χ2n) is 7.48. The largest absolute Gasteiger partial charge is 0.418 e. The van der Waals surface area contributed by atoms with Gasteiger partial charge in [0.05, 0.1) is 21.4 Å². The van der Waals surface area contributed by atoms with Gasteiger partial charge in [-0.15, -0.1) is 11.8 Å². The Bertz CT molecular complexity index is 1290. The van der Waals surface area contributed by atoms with Gasteiger partial charge in [0.25, 0.3) is 11.6 Å². The van der Waals surface area contributed by atoms with E-state index < -0.39 is 33.7 Å².